The van der Waals surface area contributed by atoms with E-state index in [-0.39, 0.29) is 0 Å². The van der Waals surface area contributed by atoms with Crippen molar-refractivity contribution in [3.8, 4) is 0 Å². The molecule has 0 aliphatic carbocycles. The predicted molar refractivity (Wildman–Crippen MR) is 22.6 cm³/mol. The van der Waals surface area contributed by atoms with Crippen molar-refractivity contribution < 1.29 is 34.5 Å². The van der Waals surface area contributed by atoms with E-state index in [0.717, 1.165) is 0 Å². The zero-order valence-corrected chi connectivity index (χ0v) is 5.52. The number of rotatable bonds is 1. The molecule has 0 atom stereocenters. The van der Waals surface area contributed by atoms with E-state index in [4.69, 9.17) is 0 Å². The maximum absolute atomic E-state index is 11.2. The second-order valence-corrected chi connectivity index (χ2v) is 3.19. The normalized spacial score (nSPS) is 16.7. The van der Waals surface area contributed by atoms with Crippen LogP contribution in [0.25, 0.3) is 0 Å². The van der Waals surface area contributed by atoms with Gasteiger partial charge in [-0.25, -0.2) is 0 Å². The van der Waals surface area contributed by atoms with E-state index in [1.165, 1.54) is 0 Å². The van der Waals surface area contributed by atoms with Crippen LogP contribution in [-0.4, -0.2) is 11.8 Å². The molecule has 0 aromatic heterocycles. The summed E-state index contributed by atoms with van der Waals surface area (Å²) in [4.78, 5) is 0. The first-order valence-corrected chi connectivity index (χ1v) is 3.65. The summed E-state index contributed by atoms with van der Waals surface area (Å²) < 4.78 is 88.2. The molecule has 0 saturated carbocycles. The van der Waals surface area contributed by atoms with Gasteiger partial charge in [-0.05, 0) is 0 Å². The van der Waals surface area contributed by atoms with Crippen molar-refractivity contribution in [2.45, 2.75) is 11.8 Å². The van der Waals surface area contributed by atoms with Gasteiger partial charge in [0.05, 0.1) is 0 Å². The molecular formula is C2HF8P. The first kappa shape index (κ1) is 10.9. The van der Waals surface area contributed by atoms with Crippen LogP contribution in [0.1, 0.15) is 0 Å². The number of hydrogen-bond donors (Lipinski definition) is 0. The molecule has 0 fully saturated rings. The van der Waals surface area contributed by atoms with Gasteiger partial charge in [0.1, 0.15) is 0 Å². The molecule has 70 valence electrons. The van der Waals surface area contributed by atoms with Gasteiger partial charge in [-0.2, -0.15) is 0 Å². The van der Waals surface area contributed by atoms with Crippen molar-refractivity contribution in [1.82, 2.24) is 0 Å². The monoisotopic (exact) mass is 208 g/mol. The van der Waals surface area contributed by atoms with Crippen LogP contribution >= 0.6 is 8.19 Å². The average molecular weight is 208 g/mol. The van der Waals surface area contributed by atoms with Gasteiger partial charge < -0.3 is 0 Å². The SMILES string of the molecule is FC(F)(F)C(F)(F)[PH](F)(F)F. The van der Waals surface area contributed by atoms with E-state index < -0.39 is 20.0 Å². The topological polar surface area (TPSA) is 0 Å². The minimum absolute atomic E-state index is 6.49. The van der Waals surface area contributed by atoms with E-state index in [2.05, 4.69) is 0 Å². The molecule has 0 unspecified atom stereocenters. The van der Waals surface area contributed by atoms with Crippen molar-refractivity contribution in [2.24, 2.45) is 0 Å². The Labute approximate surface area is 55.9 Å². The van der Waals surface area contributed by atoms with Gasteiger partial charge in [0.25, 0.3) is 0 Å². The van der Waals surface area contributed by atoms with Crippen molar-refractivity contribution in [2.75, 3.05) is 0 Å². The van der Waals surface area contributed by atoms with Gasteiger partial charge in [-0.3, -0.25) is 0 Å². The summed E-state index contributed by atoms with van der Waals surface area (Å²) in [7, 11) is -7.98. The predicted octanol–water partition coefficient (Wildman–Crippen LogP) is 3.54. The second-order valence-electron chi connectivity index (χ2n) is 1.57. The molecule has 0 spiro atoms. The molecule has 0 bridgehead atoms. The van der Waals surface area contributed by atoms with E-state index in [1.807, 2.05) is 0 Å². The molecule has 0 aromatic rings. The van der Waals surface area contributed by atoms with Crippen molar-refractivity contribution in [1.29, 1.82) is 0 Å². The molecule has 0 heterocycles. The fraction of sp³-hybridized carbons (Fsp3) is 1.00. The summed E-state index contributed by atoms with van der Waals surface area (Å²) >= 11 is 0. The zero-order valence-electron chi connectivity index (χ0n) is 4.52. The van der Waals surface area contributed by atoms with Crippen LogP contribution in [-0.2, 0) is 0 Å². The van der Waals surface area contributed by atoms with Crippen LogP contribution in [0.15, 0.2) is 0 Å². The van der Waals surface area contributed by atoms with Crippen molar-refractivity contribution in [3.63, 3.8) is 0 Å². The van der Waals surface area contributed by atoms with Crippen LogP contribution in [0, 0.1) is 0 Å². The summed E-state index contributed by atoms with van der Waals surface area (Å²) in [5.74, 6) is 0. The molecular weight excluding hydrogens is 207 g/mol. The molecule has 0 nitrogen and oxygen atoms in total. The van der Waals surface area contributed by atoms with Crippen LogP contribution in [0.5, 0.6) is 0 Å². The molecule has 0 N–H and O–H groups in total. The Morgan fingerprint density at radius 2 is 1.00 bits per heavy atom. The summed E-state index contributed by atoms with van der Waals surface area (Å²) in [6, 6.07) is 0. The minimum atomic E-state index is -7.98. The third-order valence-electron chi connectivity index (χ3n) is 0.712. The first-order chi connectivity index (χ1) is 4.50. The Bertz CT molecular complexity index is 123. The third-order valence-corrected chi connectivity index (χ3v) is 1.71. The van der Waals surface area contributed by atoms with Crippen LogP contribution < -0.4 is 0 Å². The Hall–Kier alpha value is -0.130. The molecule has 0 radical (unpaired) electrons. The van der Waals surface area contributed by atoms with Gasteiger partial charge >= 0.3 is 54.6 Å². The van der Waals surface area contributed by atoms with Gasteiger partial charge in [-0.1, -0.05) is 0 Å². The molecule has 11 heavy (non-hydrogen) atoms. The van der Waals surface area contributed by atoms with Crippen LogP contribution in [0.4, 0.5) is 34.5 Å². The van der Waals surface area contributed by atoms with E-state index in [0.29, 0.717) is 0 Å². The summed E-state index contributed by atoms with van der Waals surface area (Å²) in [5, 5.41) is 0. The standard InChI is InChI=1S/C2HF8P/c3-1(4,5)2(6,7)11(8,9)10/h11H. The van der Waals surface area contributed by atoms with Gasteiger partial charge in [0.2, 0.25) is 0 Å². The number of hydrogen-bond acceptors (Lipinski definition) is 0. The molecule has 0 aliphatic heterocycles. The van der Waals surface area contributed by atoms with E-state index >= 15 is 0 Å². The zero-order chi connectivity index (χ0) is 9.50. The fourth-order valence-electron chi connectivity index (χ4n) is 0.161. The summed E-state index contributed by atoms with van der Waals surface area (Å²) in [6.45, 7) is 0. The molecule has 0 aromatic carbocycles. The first-order valence-electron chi connectivity index (χ1n) is 2.01. The van der Waals surface area contributed by atoms with Gasteiger partial charge in [0, 0.05) is 0 Å². The van der Waals surface area contributed by atoms with Crippen molar-refractivity contribution >= 4 is 8.19 Å². The Morgan fingerprint density at radius 3 is 1.00 bits per heavy atom. The van der Waals surface area contributed by atoms with Crippen LogP contribution in [0.2, 0.25) is 0 Å². The molecule has 9 heteroatoms. The van der Waals surface area contributed by atoms with Gasteiger partial charge in [0.15, 0.2) is 0 Å². The Morgan fingerprint density at radius 1 is 0.727 bits per heavy atom. The van der Waals surface area contributed by atoms with E-state index in [1.54, 1.807) is 0 Å². The second kappa shape index (κ2) is 2.43. The fourth-order valence-corrected chi connectivity index (χ4v) is 0.482. The Balaban J connectivity index is 4.75. The van der Waals surface area contributed by atoms with Gasteiger partial charge in [-0.15, -0.1) is 0 Å². The quantitative estimate of drug-likeness (QED) is 0.456. The molecule has 0 saturated heterocycles. The molecule has 0 amide bonds. The third kappa shape index (κ3) is 1.91. The Kier molecular flexibility index (Phi) is 2.40. The van der Waals surface area contributed by atoms with Crippen molar-refractivity contribution in [3.05, 3.63) is 0 Å². The van der Waals surface area contributed by atoms with E-state index in [9.17, 15) is 34.5 Å². The summed E-state index contributed by atoms with van der Waals surface area (Å²) in [5.41, 5.74) is -6.49. The number of halogens is 8. The number of alkyl halides is 5. The molecule has 0 aliphatic rings. The average Bonchev–Trinajstić information content (AvgIpc) is 1.58. The van der Waals surface area contributed by atoms with Crippen LogP contribution in [0.3, 0.4) is 0 Å². The maximum atomic E-state index is 11.2. The summed E-state index contributed by atoms with van der Waals surface area (Å²) in [6.07, 6.45) is -6.52. The molecule has 0 rings (SSSR count).